The first kappa shape index (κ1) is 20.7. The number of carbonyl (C=O) groups is 2. The van der Waals surface area contributed by atoms with Crippen LogP contribution >= 0.6 is 0 Å². The number of carboxylic acid groups (broad SMARTS) is 1. The molecule has 1 unspecified atom stereocenters. The van der Waals surface area contributed by atoms with Crippen LogP contribution in [0.5, 0.6) is 5.75 Å². The molecule has 1 N–H and O–H groups in total. The Morgan fingerprint density at radius 1 is 0.968 bits per heavy atom. The fraction of sp³-hybridized carbons (Fsp3) is 0.231. The zero-order valence-electron chi connectivity index (χ0n) is 17.2. The van der Waals surface area contributed by atoms with Gasteiger partial charge in [0.25, 0.3) is 5.91 Å². The van der Waals surface area contributed by atoms with Gasteiger partial charge in [-0.1, -0.05) is 60.2 Å². The van der Waals surface area contributed by atoms with Gasteiger partial charge in [-0.25, -0.2) is 0 Å². The number of carboxylic acids is 1. The number of aliphatic carboxylic acids is 1. The van der Waals surface area contributed by atoms with E-state index in [1.54, 1.807) is 4.90 Å². The van der Waals surface area contributed by atoms with E-state index in [9.17, 15) is 14.7 Å². The number of hydrogen-bond donors (Lipinski definition) is 1. The second-order valence-electron chi connectivity index (χ2n) is 7.68. The number of fused-ring (bicyclic) bond motifs is 1. The smallest absolute Gasteiger partial charge is 0.310 e. The molecular weight excluding hydrogens is 390 g/mol. The lowest BCUT2D eigenvalue weighted by Crippen LogP contribution is -2.36. The fourth-order valence-electron chi connectivity index (χ4n) is 3.97. The molecule has 0 saturated carbocycles. The van der Waals surface area contributed by atoms with Crippen molar-refractivity contribution in [1.82, 2.24) is 4.90 Å². The monoisotopic (exact) mass is 415 g/mol. The minimum atomic E-state index is -0.850. The number of rotatable bonds is 7. The topological polar surface area (TPSA) is 66.8 Å². The molecule has 1 atom stereocenters. The molecule has 0 radical (unpaired) electrons. The van der Waals surface area contributed by atoms with Gasteiger partial charge in [0.15, 0.2) is 0 Å². The zero-order chi connectivity index (χ0) is 21.6. The Hall–Kier alpha value is -3.60. The van der Waals surface area contributed by atoms with Crippen molar-refractivity contribution in [2.75, 3.05) is 19.7 Å². The summed E-state index contributed by atoms with van der Waals surface area (Å²) in [4.78, 5) is 26.5. The highest BCUT2D eigenvalue weighted by Gasteiger charge is 2.27. The molecule has 31 heavy (non-hydrogen) atoms. The van der Waals surface area contributed by atoms with Crippen LogP contribution in [-0.2, 0) is 4.79 Å². The van der Waals surface area contributed by atoms with Crippen molar-refractivity contribution in [3.63, 3.8) is 0 Å². The molecule has 4 rings (SSSR count). The molecule has 0 bridgehead atoms. The maximum Gasteiger partial charge on any atom is 0.310 e. The number of carbonyl (C=O) groups excluding carboxylic acids is 1. The van der Waals surface area contributed by atoms with Crippen molar-refractivity contribution in [3.8, 4) is 5.75 Å². The Balaban J connectivity index is 1.38. The van der Waals surface area contributed by atoms with Crippen LogP contribution in [0.15, 0.2) is 84.4 Å². The van der Waals surface area contributed by atoms with Crippen LogP contribution in [0.3, 0.4) is 0 Å². The predicted molar refractivity (Wildman–Crippen MR) is 120 cm³/mol. The van der Waals surface area contributed by atoms with Crippen LogP contribution in [0.2, 0.25) is 0 Å². The van der Waals surface area contributed by atoms with E-state index in [-0.39, 0.29) is 5.91 Å². The molecule has 5 nitrogen and oxygen atoms in total. The molecule has 158 valence electrons. The summed E-state index contributed by atoms with van der Waals surface area (Å²) in [6, 6.07) is 23.1. The Kier molecular flexibility index (Phi) is 6.32. The molecule has 0 fully saturated rings. The van der Waals surface area contributed by atoms with Gasteiger partial charge in [0.05, 0.1) is 12.5 Å². The quantitative estimate of drug-likeness (QED) is 0.564. The summed E-state index contributed by atoms with van der Waals surface area (Å²) in [5.41, 5.74) is 1.52. The molecule has 1 heterocycles. The van der Waals surface area contributed by atoms with Crippen LogP contribution in [0.25, 0.3) is 10.8 Å². The summed E-state index contributed by atoms with van der Waals surface area (Å²) in [6.45, 7) is 1.27. The van der Waals surface area contributed by atoms with E-state index in [0.29, 0.717) is 38.1 Å². The second kappa shape index (κ2) is 9.47. The third kappa shape index (κ3) is 4.94. The molecule has 0 spiro atoms. The lowest BCUT2D eigenvalue weighted by molar-refractivity contribution is -0.140. The van der Waals surface area contributed by atoms with Gasteiger partial charge in [0.2, 0.25) is 0 Å². The summed E-state index contributed by atoms with van der Waals surface area (Å²) in [7, 11) is 0. The minimum absolute atomic E-state index is 0.0275. The maximum atomic E-state index is 12.9. The summed E-state index contributed by atoms with van der Waals surface area (Å²) in [5.74, 6) is -0.740. The van der Waals surface area contributed by atoms with Crippen molar-refractivity contribution in [1.29, 1.82) is 0 Å². The molecule has 5 heteroatoms. The predicted octanol–water partition coefficient (Wildman–Crippen LogP) is 4.78. The first-order chi connectivity index (χ1) is 15.1. The molecule has 0 saturated heterocycles. The third-order valence-electron chi connectivity index (χ3n) is 5.69. The summed E-state index contributed by atoms with van der Waals surface area (Å²) in [6.07, 6.45) is 2.85. The van der Waals surface area contributed by atoms with E-state index >= 15 is 0 Å². The van der Waals surface area contributed by atoms with Crippen LogP contribution in [0.1, 0.15) is 23.2 Å². The molecule has 0 aromatic heterocycles. The maximum absolute atomic E-state index is 12.9. The number of benzene rings is 3. The van der Waals surface area contributed by atoms with Gasteiger partial charge in [-0.15, -0.1) is 0 Å². The van der Waals surface area contributed by atoms with Crippen LogP contribution in [-0.4, -0.2) is 41.6 Å². The van der Waals surface area contributed by atoms with Gasteiger partial charge in [0.1, 0.15) is 5.75 Å². The van der Waals surface area contributed by atoms with Crippen molar-refractivity contribution in [2.45, 2.75) is 12.8 Å². The third-order valence-corrected chi connectivity index (χ3v) is 5.69. The second-order valence-corrected chi connectivity index (χ2v) is 7.68. The first-order valence-electron chi connectivity index (χ1n) is 10.5. The number of ether oxygens (including phenoxy) is 1. The van der Waals surface area contributed by atoms with E-state index in [4.69, 9.17) is 4.74 Å². The highest BCUT2D eigenvalue weighted by Crippen LogP contribution is 2.25. The molecule has 3 aromatic rings. The summed E-state index contributed by atoms with van der Waals surface area (Å²) >= 11 is 0. The van der Waals surface area contributed by atoms with E-state index in [1.165, 1.54) is 0 Å². The largest absolute Gasteiger partial charge is 0.494 e. The van der Waals surface area contributed by atoms with Gasteiger partial charge >= 0.3 is 5.97 Å². The molecule has 3 aromatic carbocycles. The Bertz CT molecular complexity index is 1110. The molecular formula is C26H25NO4. The van der Waals surface area contributed by atoms with Crippen LogP contribution < -0.4 is 4.74 Å². The number of para-hydroxylation sites is 1. The van der Waals surface area contributed by atoms with Crippen LogP contribution in [0.4, 0.5) is 0 Å². The van der Waals surface area contributed by atoms with Gasteiger partial charge in [0, 0.05) is 18.7 Å². The van der Waals surface area contributed by atoms with Crippen molar-refractivity contribution >= 4 is 22.6 Å². The van der Waals surface area contributed by atoms with Crippen molar-refractivity contribution < 1.29 is 19.4 Å². The lowest BCUT2D eigenvalue weighted by Gasteiger charge is -2.29. The summed E-state index contributed by atoms with van der Waals surface area (Å²) < 4.78 is 5.67. The average molecular weight is 415 g/mol. The highest BCUT2D eigenvalue weighted by atomic mass is 16.5. The van der Waals surface area contributed by atoms with Gasteiger partial charge in [-0.2, -0.15) is 0 Å². The minimum Gasteiger partial charge on any atom is -0.494 e. The molecule has 1 aliphatic heterocycles. The number of amides is 1. The van der Waals surface area contributed by atoms with Gasteiger partial charge in [-0.3, -0.25) is 9.59 Å². The van der Waals surface area contributed by atoms with Crippen molar-refractivity contribution in [3.05, 3.63) is 90.0 Å². The Labute approximate surface area is 181 Å². The zero-order valence-corrected chi connectivity index (χ0v) is 17.2. The SMILES string of the molecule is O=C(O)C(CCOc1ccccc1)C1=CCN(C(=O)c2ccc3ccccc3c2)CC1. The van der Waals surface area contributed by atoms with Crippen molar-refractivity contribution in [2.24, 2.45) is 5.92 Å². The van der Waals surface area contributed by atoms with Crippen LogP contribution in [0, 0.1) is 5.92 Å². The normalized spacial score (nSPS) is 14.7. The van der Waals surface area contributed by atoms with E-state index in [0.717, 1.165) is 22.1 Å². The first-order valence-corrected chi connectivity index (χ1v) is 10.5. The fourth-order valence-corrected chi connectivity index (χ4v) is 3.97. The Morgan fingerprint density at radius 2 is 1.71 bits per heavy atom. The van der Waals surface area contributed by atoms with E-state index in [2.05, 4.69) is 0 Å². The Morgan fingerprint density at radius 3 is 2.42 bits per heavy atom. The summed E-state index contributed by atoms with van der Waals surface area (Å²) in [5, 5.41) is 11.8. The average Bonchev–Trinajstić information content (AvgIpc) is 2.82. The molecule has 1 amide bonds. The van der Waals surface area contributed by atoms with Gasteiger partial charge < -0.3 is 14.7 Å². The van der Waals surface area contributed by atoms with Gasteiger partial charge in [-0.05, 0) is 47.9 Å². The lowest BCUT2D eigenvalue weighted by atomic mass is 9.91. The van der Waals surface area contributed by atoms with E-state index < -0.39 is 11.9 Å². The molecule has 0 aliphatic carbocycles. The molecule has 1 aliphatic rings. The number of hydrogen-bond acceptors (Lipinski definition) is 3. The standard InChI is InChI=1S/C26H25NO4/c28-25(22-11-10-19-6-4-5-7-21(19)18-22)27-15-12-20(13-16-27)24(26(29)30)14-17-31-23-8-2-1-3-9-23/h1-12,18,24H,13-17H2,(H,29,30). The van der Waals surface area contributed by atoms with E-state index in [1.807, 2.05) is 78.9 Å². The highest BCUT2D eigenvalue weighted by molar-refractivity contribution is 5.98. The number of nitrogens with zero attached hydrogens (tertiary/aromatic N) is 1.